The van der Waals surface area contributed by atoms with Gasteiger partial charge in [0.15, 0.2) is 0 Å². The van der Waals surface area contributed by atoms with Crippen LogP contribution in [0.3, 0.4) is 0 Å². The molecule has 2 aliphatic rings. The van der Waals surface area contributed by atoms with Gasteiger partial charge in [-0.3, -0.25) is 9.59 Å². The molecular formula is C45H48N6O6. The summed E-state index contributed by atoms with van der Waals surface area (Å²) in [6.45, 7) is 8.42. The SMILES string of the molecule is COC(=O)c1ccc(Cn2c(C)nc3ccc(C(=O)N4CCCCC4)cc32)cc1.Cc1nc2ccc(C(=O)N3CCCCC3)cc2n1Cc1ccc(C(=O)O)cc1. The molecule has 12 nitrogen and oxygen atoms in total. The zero-order chi connectivity index (χ0) is 40.1. The molecule has 8 rings (SSSR count). The number of esters is 1. The van der Waals surface area contributed by atoms with E-state index in [9.17, 15) is 19.2 Å². The number of likely N-dealkylation sites (tertiary alicyclic amines) is 2. The number of hydrogen-bond acceptors (Lipinski definition) is 7. The zero-order valence-corrected chi connectivity index (χ0v) is 32.7. The lowest BCUT2D eigenvalue weighted by Crippen LogP contribution is -2.35. The second-order valence-corrected chi connectivity index (χ2v) is 14.8. The third-order valence-electron chi connectivity index (χ3n) is 10.9. The molecule has 2 amide bonds. The first kappa shape index (κ1) is 39.0. The smallest absolute Gasteiger partial charge is 0.337 e. The van der Waals surface area contributed by atoms with E-state index in [0.29, 0.717) is 29.8 Å². The number of aryl methyl sites for hydroxylation is 2. The van der Waals surface area contributed by atoms with Crippen LogP contribution in [0.15, 0.2) is 84.9 Å². The van der Waals surface area contributed by atoms with E-state index in [1.165, 1.54) is 20.0 Å². The predicted molar refractivity (Wildman–Crippen MR) is 218 cm³/mol. The Balaban J connectivity index is 0.000000174. The normalized spacial score (nSPS) is 14.3. The highest BCUT2D eigenvalue weighted by atomic mass is 16.5. The van der Waals surface area contributed by atoms with Crippen molar-refractivity contribution >= 4 is 45.8 Å². The van der Waals surface area contributed by atoms with Crippen molar-refractivity contribution in [3.63, 3.8) is 0 Å². The standard InChI is InChI=1S/C23H25N3O3.C22H23N3O3/c1-16-24-20-11-10-19(22(27)25-12-4-3-5-13-25)14-21(20)26(16)15-17-6-8-18(9-7-17)23(28)29-2;1-15-23-19-10-9-18(21(26)24-11-3-2-4-12-24)13-20(19)25(15)14-16-5-7-17(8-6-16)22(27)28/h6-11,14H,3-5,12-13,15H2,1-2H3;5-10,13H,2-4,11-12,14H2,1H3,(H,27,28). The van der Waals surface area contributed by atoms with Crippen molar-refractivity contribution in [1.29, 1.82) is 0 Å². The van der Waals surface area contributed by atoms with E-state index in [1.54, 1.807) is 24.3 Å². The number of amides is 2. The van der Waals surface area contributed by atoms with E-state index >= 15 is 0 Å². The van der Waals surface area contributed by atoms with Crippen LogP contribution < -0.4 is 0 Å². The van der Waals surface area contributed by atoms with Crippen LogP contribution in [0.25, 0.3) is 22.1 Å². The van der Waals surface area contributed by atoms with Gasteiger partial charge in [-0.15, -0.1) is 0 Å². The van der Waals surface area contributed by atoms with Crippen molar-refractivity contribution in [2.45, 2.75) is 65.5 Å². The fraction of sp³-hybridized carbons (Fsp3) is 0.333. The lowest BCUT2D eigenvalue weighted by atomic mass is 10.1. The Kier molecular flexibility index (Phi) is 11.8. The van der Waals surface area contributed by atoms with Gasteiger partial charge in [0.2, 0.25) is 0 Å². The quantitative estimate of drug-likeness (QED) is 0.157. The van der Waals surface area contributed by atoms with Gasteiger partial charge in [-0.1, -0.05) is 24.3 Å². The molecule has 0 radical (unpaired) electrons. The highest BCUT2D eigenvalue weighted by Crippen LogP contribution is 2.24. The fourth-order valence-electron chi connectivity index (χ4n) is 7.69. The molecule has 2 aromatic heterocycles. The van der Waals surface area contributed by atoms with Crippen LogP contribution in [0, 0.1) is 13.8 Å². The number of hydrogen-bond donors (Lipinski definition) is 1. The summed E-state index contributed by atoms with van der Waals surface area (Å²) in [4.78, 5) is 61.6. The number of aromatic nitrogens is 4. The second kappa shape index (κ2) is 17.2. The van der Waals surface area contributed by atoms with Gasteiger partial charge >= 0.3 is 11.9 Å². The Morgan fingerprint density at radius 1 is 0.561 bits per heavy atom. The summed E-state index contributed by atoms with van der Waals surface area (Å²) in [5, 5.41) is 9.06. The third kappa shape index (κ3) is 8.75. The molecule has 0 spiro atoms. The van der Waals surface area contributed by atoms with E-state index < -0.39 is 5.97 Å². The van der Waals surface area contributed by atoms with Gasteiger partial charge in [-0.05, 0) is 124 Å². The summed E-state index contributed by atoms with van der Waals surface area (Å²) >= 11 is 0. The Bertz CT molecular complexity index is 2420. The summed E-state index contributed by atoms with van der Waals surface area (Å²) in [6.07, 6.45) is 6.67. The molecule has 0 aliphatic carbocycles. The van der Waals surface area contributed by atoms with Crippen molar-refractivity contribution < 1.29 is 29.0 Å². The minimum atomic E-state index is -0.934. The first-order valence-corrected chi connectivity index (χ1v) is 19.6. The maximum atomic E-state index is 12.9. The third-order valence-corrected chi connectivity index (χ3v) is 10.9. The topological polar surface area (TPSA) is 140 Å². The van der Waals surface area contributed by atoms with Gasteiger partial charge in [-0.25, -0.2) is 19.6 Å². The summed E-state index contributed by atoms with van der Waals surface area (Å²) < 4.78 is 8.93. The number of nitrogens with zero attached hydrogens (tertiary/aromatic N) is 6. The summed E-state index contributed by atoms with van der Waals surface area (Å²) in [7, 11) is 1.38. The lowest BCUT2D eigenvalue weighted by Gasteiger charge is -2.26. The first-order valence-electron chi connectivity index (χ1n) is 19.6. The lowest BCUT2D eigenvalue weighted by molar-refractivity contribution is 0.0599. The van der Waals surface area contributed by atoms with Gasteiger partial charge < -0.3 is 28.8 Å². The average molecular weight is 769 g/mol. The molecule has 6 aromatic rings. The number of imidazole rings is 2. The molecule has 2 aliphatic heterocycles. The summed E-state index contributed by atoms with van der Waals surface area (Å²) in [5.41, 5.74) is 7.83. The number of carbonyl (C=O) groups is 4. The summed E-state index contributed by atoms with van der Waals surface area (Å²) in [6, 6.07) is 25.7. The van der Waals surface area contributed by atoms with Crippen molar-refractivity contribution in [1.82, 2.24) is 28.9 Å². The van der Waals surface area contributed by atoms with Crippen molar-refractivity contribution in [3.05, 3.63) is 130 Å². The van der Waals surface area contributed by atoms with Crippen molar-refractivity contribution in [3.8, 4) is 0 Å². The second-order valence-electron chi connectivity index (χ2n) is 14.8. The van der Waals surface area contributed by atoms with Crippen LogP contribution in [0.4, 0.5) is 0 Å². The van der Waals surface area contributed by atoms with Crippen LogP contribution in [0.1, 0.15) is 103 Å². The Hall–Kier alpha value is -6.30. The molecule has 2 fully saturated rings. The van der Waals surface area contributed by atoms with Crippen LogP contribution >= 0.6 is 0 Å². The van der Waals surface area contributed by atoms with Gasteiger partial charge in [0, 0.05) is 50.4 Å². The number of aromatic carboxylic acids is 1. The van der Waals surface area contributed by atoms with Gasteiger partial charge in [-0.2, -0.15) is 0 Å². The molecule has 1 N–H and O–H groups in total. The van der Waals surface area contributed by atoms with Crippen LogP contribution in [-0.2, 0) is 17.8 Å². The molecule has 0 atom stereocenters. The number of methoxy groups -OCH3 is 1. The molecular weight excluding hydrogens is 721 g/mol. The number of fused-ring (bicyclic) bond motifs is 2. The number of carboxylic acid groups (broad SMARTS) is 1. The number of carboxylic acids is 1. The number of rotatable bonds is 8. The van der Waals surface area contributed by atoms with E-state index in [1.807, 2.05) is 84.3 Å². The number of carbonyl (C=O) groups excluding carboxylic acids is 3. The number of ether oxygens (including phenoxy) is 1. The van der Waals surface area contributed by atoms with Gasteiger partial charge in [0.1, 0.15) is 11.6 Å². The van der Waals surface area contributed by atoms with Crippen molar-refractivity contribution in [2.75, 3.05) is 33.3 Å². The number of benzene rings is 4. The maximum absolute atomic E-state index is 12.9. The molecule has 2 saturated heterocycles. The molecule has 294 valence electrons. The largest absolute Gasteiger partial charge is 0.478 e. The molecule has 4 aromatic carbocycles. The van der Waals surface area contributed by atoms with E-state index in [4.69, 9.17) is 9.84 Å². The first-order chi connectivity index (χ1) is 27.6. The van der Waals surface area contributed by atoms with E-state index in [-0.39, 0.29) is 23.3 Å². The summed E-state index contributed by atoms with van der Waals surface area (Å²) in [5.74, 6) is 0.648. The van der Waals surface area contributed by atoms with Gasteiger partial charge in [0.25, 0.3) is 11.8 Å². The average Bonchev–Trinajstić information content (AvgIpc) is 3.73. The number of piperidine rings is 2. The maximum Gasteiger partial charge on any atom is 0.337 e. The Morgan fingerprint density at radius 2 is 0.947 bits per heavy atom. The zero-order valence-electron chi connectivity index (χ0n) is 32.7. The molecule has 12 heteroatoms. The predicted octanol–water partition coefficient (Wildman–Crippen LogP) is 7.52. The molecule has 0 unspecified atom stereocenters. The van der Waals surface area contributed by atoms with E-state index in [2.05, 4.69) is 19.1 Å². The Labute approximate surface area is 331 Å². The monoisotopic (exact) mass is 768 g/mol. The molecule has 4 heterocycles. The minimum Gasteiger partial charge on any atom is -0.478 e. The molecule has 0 saturated carbocycles. The van der Waals surface area contributed by atoms with Crippen LogP contribution in [0.2, 0.25) is 0 Å². The molecule has 0 bridgehead atoms. The van der Waals surface area contributed by atoms with E-state index in [0.717, 1.165) is 96.7 Å². The van der Waals surface area contributed by atoms with Crippen LogP contribution in [0.5, 0.6) is 0 Å². The van der Waals surface area contributed by atoms with Crippen molar-refractivity contribution in [2.24, 2.45) is 0 Å². The highest BCUT2D eigenvalue weighted by Gasteiger charge is 2.21. The Morgan fingerprint density at radius 3 is 1.33 bits per heavy atom. The highest BCUT2D eigenvalue weighted by molar-refractivity contribution is 5.98. The minimum absolute atomic E-state index is 0.0813. The molecule has 57 heavy (non-hydrogen) atoms. The van der Waals surface area contributed by atoms with Gasteiger partial charge in [0.05, 0.1) is 40.3 Å². The van der Waals surface area contributed by atoms with Crippen LogP contribution in [-0.4, -0.2) is 91.1 Å². The fourth-order valence-corrected chi connectivity index (χ4v) is 7.69.